The van der Waals surface area contributed by atoms with Crippen LogP contribution in [0.1, 0.15) is 29.4 Å². The molecule has 0 unspecified atom stereocenters. The average Bonchev–Trinajstić information content (AvgIpc) is 2.60. The lowest BCUT2D eigenvalue weighted by molar-refractivity contribution is -0.115. The predicted molar refractivity (Wildman–Crippen MR) is 93.6 cm³/mol. The van der Waals surface area contributed by atoms with Crippen molar-refractivity contribution in [2.24, 2.45) is 5.10 Å². The van der Waals surface area contributed by atoms with Crippen LogP contribution in [0.15, 0.2) is 41.9 Å². The predicted octanol–water partition coefficient (Wildman–Crippen LogP) is 1.93. The van der Waals surface area contributed by atoms with Crippen LogP contribution < -0.4 is 15.5 Å². The molecule has 0 fully saturated rings. The summed E-state index contributed by atoms with van der Waals surface area (Å²) in [6.45, 7) is 3.56. The van der Waals surface area contributed by atoms with Crippen LogP contribution in [-0.2, 0) is 4.79 Å². The van der Waals surface area contributed by atoms with Gasteiger partial charge in [-0.2, -0.15) is 5.10 Å². The molecule has 2 aromatic rings. The highest BCUT2D eigenvalue weighted by Crippen LogP contribution is 2.25. The minimum absolute atomic E-state index is 0.0256. The van der Waals surface area contributed by atoms with Gasteiger partial charge in [0.05, 0.1) is 25.4 Å². The Morgan fingerprint density at radius 3 is 2.76 bits per heavy atom. The van der Waals surface area contributed by atoms with Crippen LogP contribution in [0.3, 0.4) is 0 Å². The second-order valence-electron chi connectivity index (χ2n) is 5.31. The molecule has 8 nitrogen and oxygen atoms in total. The molecule has 2 rings (SSSR count). The monoisotopic (exact) mass is 341 g/mol. The summed E-state index contributed by atoms with van der Waals surface area (Å²) >= 11 is 0. The zero-order valence-electron chi connectivity index (χ0n) is 14.2. The van der Waals surface area contributed by atoms with Crippen molar-refractivity contribution < 1.29 is 14.3 Å². The number of carbonyl (C=O) groups excluding carboxylic acids is 2. The molecule has 2 amide bonds. The van der Waals surface area contributed by atoms with E-state index < -0.39 is 5.91 Å². The normalized spacial score (nSPS) is 10.9. The van der Waals surface area contributed by atoms with Gasteiger partial charge in [0.2, 0.25) is 5.91 Å². The van der Waals surface area contributed by atoms with Crippen molar-refractivity contribution in [3.8, 4) is 5.75 Å². The number of hydrogen-bond acceptors (Lipinski definition) is 6. The summed E-state index contributed by atoms with van der Waals surface area (Å²) in [6, 6.07) is 5.50. The van der Waals surface area contributed by atoms with Crippen LogP contribution >= 0.6 is 0 Å². The summed E-state index contributed by atoms with van der Waals surface area (Å²) in [4.78, 5) is 31.6. The Bertz CT molecular complexity index is 790. The van der Waals surface area contributed by atoms with Gasteiger partial charge in [0.25, 0.3) is 5.91 Å². The summed E-state index contributed by atoms with van der Waals surface area (Å²) in [5.41, 5.74) is 4.52. The number of anilines is 1. The molecule has 1 heterocycles. The minimum atomic E-state index is -0.492. The molecule has 1 aromatic carbocycles. The van der Waals surface area contributed by atoms with E-state index in [9.17, 15) is 9.59 Å². The van der Waals surface area contributed by atoms with Gasteiger partial charge in [0, 0.05) is 18.1 Å². The van der Waals surface area contributed by atoms with E-state index in [4.69, 9.17) is 4.74 Å². The third-order valence-electron chi connectivity index (χ3n) is 3.19. The molecule has 0 radical (unpaired) electrons. The van der Waals surface area contributed by atoms with Crippen LogP contribution in [-0.4, -0.2) is 34.6 Å². The Balaban J connectivity index is 1.94. The summed E-state index contributed by atoms with van der Waals surface area (Å²) in [6.07, 6.45) is 4.23. The van der Waals surface area contributed by atoms with Crippen LogP contribution in [0.5, 0.6) is 5.75 Å². The third kappa shape index (κ3) is 5.38. The molecular weight excluding hydrogens is 322 g/mol. The number of amides is 2. The van der Waals surface area contributed by atoms with Gasteiger partial charge in [-0.3, -0.25) is 14.6 Å². The number of rotatable bonds is 6. The van der Waals surface area contributed by atoms with Crippen molar-refractivity contribution in [3.63, 3.8) is 0 Å². The van der Waals surface area contributed by atoms with E-state index in [1.807, 2.05) is 19.1 Å². The number of ether oxygens (including phenoxy) is 1. The molecule has 0 saturated carbocycles. The van der Waals surface area contributed by atoms with E-state index >= 15 is 0 Å². The number of hydrazone groups is 1. The van der Waals surface area contributed by atoms with Crippen molar-refractivity contribution >= 4 is 23.2 Å². The SMILES string of the molecule is COc1ccc(C)cc1NC(=O)C/C(C)=N/NC(=O)c1cnccn1. The molecule has 0 aliphatic carbocycles. The Morgan fingerprint density at radius 2 is 2.08 bits per heavy atom. The number of methoxy groups -OCH3 is 1. The molecule has 0 bridgehead atoms. The molecule has 130 valence electrons. The number of nitrogens with one attached hydrogen (secondary N) is 2. The van der Waals surface area contributed by atoms with Crippen molar-refractivity contribution in [3.05, 3.63) is 48.0 Å². The highest BCUT2D eigenvalue weighted by molar-refractivity contribution is 6.06. The maximum absolute atomic E-state index is 12.1. The van der Waals surface area contributed by atoms with E-state index in [0.29, 0.717) is 17.1 Å². The maximum Gasteiger partial charge on any atom is 0.291 e. The van der Waals surface area contributed by atoms with Crippen LogP contribution in [0.4, 0.5) is 5.69 Å². The topological polar surface area (TPSA) is 106 Å². The maximum atomic E-state index is 12.1. The fraction of sp³-hybridized carbons (Fsp3) is 0.235. The summed E-state index contributed by atoms with van der Waals surface area (Å²) < 4.78 is 5.22. The second kappa shape index (κ2) is 8.53. The number of carbonyl (C=O) groups is 2. The number of nitrogens with zero attached hydrogens (tertiary/aromatic N) is 3. The van der Waals surface area contributed by atoms with Crippen LogP contribution in [0.25, 0.3) is 0 Å². The van der Waals surface area contributed by atoms with Gasteiger partial charge in [0.15, 0.2) is 0 Å². The quantitative estimate of drug-likeness (QED) is 0.617. The largest absolute Gasteiger partial charge is 0.495 e. The van der Waals surface area contributed by atoms with E-state index in [2.05, 4.69) is 25.8 Å². The molecule has 0 aliphatic heterocycles. The van der Waals surface area contributed by atoms with E-state index in [0.717, 1.165) is 5.56 Å². The summed E-state index contributed by atoms with van der Waals surface area (Å²) in [7, 11) is 1.54. The molecule has 0 aliphatic rings. The lowest BCUT2D eigenvalue weighted by Gasteiger charge is -2.11. The van der Waals surface area contributed by atoms with Gasteiger partial charge in [0.1, 0.15) is 11.4 Å². The number of aryl methyl sites for hydroxylation is 1. The molecule has 0 spiro atoms. The first-order valence-corrected chi connectivity index (χ1v) is 7.53. The zero-order chi connectivity index (χ0) is 18.2. The lowest BCUT2D eigenvalue weighted by Crippen LogP contribution is -2.22. The van der Waals surface area contributed by atoms with E-state index in [1.54, 1.807) is 13.0 Å². The number of benzene rings is 1. The third-order valence-corrected chi connectivity index (χ3v) is 3.19. The van der Waals surface area contributed by atoms with Gasteiger partial charge in [-0.05, 0) is 31.5 Å². The highest BCUT2D eigenvalue weighted by Gasteiger charge is 2.10. The van der Waals surface area contributed by atoms with Crippen LogP contribution in [0, 0.1) is 6.92 Å². The highest BCUT2D eigenvalue weighted by atomic mass is 16.5. The first-order valence-electron chi connectivity index (χ1n) is 7.53. The first kappa shape index (κ1) is 18.1. The fourth-order valence-electron chi connectivity index (χ4n) is 2.01. The molecular formula is C17H19N5O3. The van der Waals surface area contributed by atoms with Gasteiger partial charge in [-0.15, -0.1) is 0 Å². The Hall–Kier alpha value is -3.29. The van der Waals surface area contributed by atoms with Gasteiger partial charge < -0.3 is 10.1 Å². The van der Waals surface area contributed by atoms with Gasteiger partial charge in [-0.25, -0.2) is 10.4 Å². The molecule has 25 heavy (non-hydrogen) atoms. The molecule has 0 atom stereocenters. The van der Waals surface area contributed by atoms with Crippen molar-refractivity contribution in [1.29, 1.82) is 0 Å². The Morgan fingerprint density at radius 1 is 1.28 bits per heavy atom. The lowest BCUT2D eigenvalue weighted by atomic mass is 10.2. The second-order valence-corrected chi connectivity index (χ2v) is 5.31. The number of aromatic nitrogens is 2. The molecule has 2 N–H and O–H groups in total. The van der Waals surface area contributed by atoms with Crippen LogP contribution in [0.2, 0.25) is 0 Å². The smallest absolute Gasteiger partial charge is 0.291 e. The van der Waals surface area contributed by atoms with Crippen molar-refractivity contribution in [2.45, 2.75) is 20.3 Å². The van der Waals surface area contributed by atoms with Gasteiger partial charge in [-0.1, -0.05) is 6.07 Å². The van der Waals surface area contributed by atoms with Gasteiger partial charge >= 0.3 is 0 Å². The zero-order valence-corrected chi connectivity index (χ0v) is 14.2. The van der Waals surface area contributed by atoms with E-state index in [1.165, 1.54) is 25.7 Å². The Kier molecular flexibility index (Phi) is 6.16. The van der Waals surface area contributed by atoms with Crippen molar-refractivity contribution in [2.75, 3.05) is 12.4 Å². The Labute approximate surface area is 145 Å². The fourth-order valence-corrected chi connectivity index (χ4v) is 2.01. The minimum Gasteiger partial charge on any atom is -0.495 e. The molecule has 0 saturated heterocycles. The summed E-state index contributed by atoms with van der Waals surface area (Å²) in [5, 5.41) is 6.67. The molecule has 1 aromatic heterocycles. The van der Waals surface area contributed by atoms with E-state index in [-0.39, 0.29) is 18.0 Å². The summed E-state index contributed by atoms with van der Waals surface area (Å²) in [5.74, 6) is -0.184. The average molecular weight is 341 g/mol. The first-order chi connectivity index (χ1) is 12.0. The standard InChI is InChI=1S/C17H19N5O3/c1-11-4-5-15(25-3)13(8-11)20-16(23)9-12(2)21-22-17(24)14-10-18-6-7-19-14/h4-8,10H,9H2,1-3H3,(H,20,23)(H,22,24)/b21-12+. The number of hydrogen-bond donors (Lipinski definition) is 2. The molecule has 8 heteroatoms. The van der Waals surface area contributed by atoms with Crippen molar-refractivity contribution in [1.82, 2.24) is 15.4 Å².